The second kappa shape index (κ2) is 6.72. The van der Waals surface area contributed by atoms with E-state index in [0.717, 1.165) is 5.56 Å². The molecular formula is C19H14N4O3. The van der Waals surface area contributed by atoms with Crippen LogP contribution in [0, 0.1) is 0 Å². The molecule has 7 nitrogen and oxygen atoms in total. The zero-order chi connectivity index (χ0) is 17.9. The van der Waals surface area contributed by atoms with Gasteiger partial charge in [0.15, 0.2) is 17.4 Å². The predicted octanol–water partition coefficient (Wildman–Crippen LogP) is 2.44. The molecule has 0 atom stereocenters. The Morgan fingerprint density at radius 3 is 2.62 bits per heavy atom. The Balaban J connectivity index is 1.58. The first-order valence-corrected chi connectivity index (χ1v) is 7.92. The number of nitrogens with zero attached hydrogens (tertiary/aromatic N) is 4. The van der Waals surface area contributed by atoms with Crippen LogP contribution in [0.5, 0.6) is 11.5 Å². The normalized spacial score (nSPS) is 15.1. The summed E-state index contributed by atoms with van der Waals surface area (Å²) in [6.07, 6.45) is 1.18. The van der Waals surface area contributed by atoms with Crippen LogP contribution in [0.2, 0.25) is 0 Å². The summed E-state index contributed by atoms with van der Waals surface area (Å²) in [7, 11) is 1.56. The highest BCUT2D eigenvalue weighted by Gasteiger charge is 2.28. The van der Waals surface area contributed by atoms with Gasteiger partial charge in [0.2, 0.25) is 0 Å². The summed E-state index contributed by atoms with van der Waals surface area (Å²) in [6, 6.07) is 15.3. The van der Waals surface area contributed by atoms with Crippen LogP contribution in [-0.2, 0) is 11.4 Å². The fraction of sp³-hybridized carbons (Fsp3) is 0.105. The van der Waals surface area contributed by atoms with Crippen molar-refractivity contribution in [2.45, 2.75) is 6.61 Å². The smallest absolute Gasteiger partial charge is 0.301 e. The minimum absolute atomic E-state index is 0.147. The van der Waals surface area contributed by atoms with E-state index in [9.17, 15) is 4.79 Å². The van der Waals surface area contributed by atoms with E-state index in [-0.39, 0.29) is 11.5 Å². The van der Waals surface area contributed by atoms with Crippen molar-refractivity contribution in [1.29, 1.82) is 0 Å². The Bertz CT molecular complexity index is 991. The first-order chi connectivity index (χ1) is 12.7. The molecule has 128 valence electrons. The lowest BCUT2D eigenvalue weighted by molar-refractivity contribution is -0.111. The van der Waals surface area contributed by atoms with Gasteiger partial charge in [-0.2, -0.15) is 4.99 Å². The molecule has 0 radical (unpaired) electrons. The third-order valence-electron chi connectivity index (χ3n) is 3.86. The zero-order valence-corrected chi connectivity index (χ0v) is 13.9. The van der Waals surface area contributed by atoms with Crippen LogP contribution in [0.1, 0.15) is 11.1 Å². The molecule has 0 spiro atoms. The molecular weight excluding hydrogens is 332 g/mol. The third kappa shape index (κ3) is 3.02. The summed E-state index contributed by atoms with van der Waals surface area (Å²) in [4.78, 5) is 27.9. The number of amidine groups is 2. The highest BCUT2D eigenvalue weighted by molar-refractivity contribution is 6.71. The van der Waals surface area contributed by atoms with Crippen LogP contribution in [-0.4, -0.2) is 36.7 Å². The van der Waals surface area contributed by atoms with Gasteiger partial charge >= 0.3 is 5.91 Å². The van der Waals surface area contributed by atoms with Crippen molar-refractivity contribution < 1.29 is 14.3 Å². The lowest BCUT2D eigenvalue weighted by Gasteiger charge is -2.11. The van der Waals surface area contributed by atoms with E-state index in [1.165, 1.54) is 6.34 Å². The summed E-state index contributed by atoms with van der Waals surface area (Å²) in [6.45, 7) is 0.454. The molecule has 2 aliphatic rings. The Hall–Kier alpha value is -3.61. The fourth-order valence-corrected chi connectivity index (χ4v) is 2.57. The van der Waals surface area contributed by atoms with Crippen LogP contribution < -0.4 is 9.47 Å². The molecule has 0 bridgehead atoms. The zero-order valence-electron chi connectivity index (χ0n) is 13.9. The van der Waals surface area contributed by atoms with Crippen molar-refractivity contribution in [2.24, 2.45) is 20.0 Å². The average Bonchev–Trinajstić information content (AvgIpc) is 3.12. The highest BCUT2D eigenvalue weighted by atomic mass is 16.5. The van der Waals surface area contributed by atoms with E-state index in [0.29, 0.717) is 29.5 Å². The molecule has 2 aliphatic heterocycles. The van der Waals surface area contributed by atoms with Gasteiger partial charge in [0.25, 0.3) is 0 Å². The number of hydrogen-bond acceptors (Lipinski definition) is 6. The number of amides is 1. The van der Waals surface area contributed by atoms with Gasteiger partial charge < -0.3 is 9.47 Å². The average molecular weight is 346 g/mol. The molecule has 26 heavy (non-hydrogen) atoms. The van der Waals surface area contributed by atoms with Gasteiger partial charge in [-0.15, -0.1) is 0 Å². The Morgan fingerprint density at radius 1 is 1.00 bits per heavy atom. The number of carbonyl (C=O) groups excluding carboxylic acids is 1. The van der Waals surface area contributed by atoms with Gasteiger partial charge in [-0.1, -0.05) is 30.3 Å². The van der Waals surface area contributed by atoms with Crippen molar-refractivity contribution in [1.82, 2.24) is 0 Å². The molecule has 0 aromatic heterocycles. The Morgan fingerprint density at radius 2 is 1.85 bits per heavy atom. The van der Waals surface area contributed by atoms with E-state index in [2.05, 4.69) is 20.0 Å². The molecule has 2 aromatic carbocycles. The van der Waals surface area contributed by atoms with Gasteiger partial charge in [-0.25, -0.2) is 15.0 Å². The molecule has 0 fully saturated rings. The molecule has 0 saturated carbocycles. The van der Waals surface area contributed by atoms with Crippen LogP contribution >= 0.6 is 0 Å². The number of methoxy groups -OCH3 is 1. The summed E-state index contributed by atoms with van der Waals surface area (Å²) < 4.78 is 11.3. The van der Waals surface area contributed by atoms with Crippen LogP contribution in [0.15, 0.2) is 68.5 Å². The fourth-order valence-electron chi connectivity index (χ4n) is 2.57. The maximum Gasteiger partial charge on any atom is 0.301 e. The number of fused-ring (bicyclic) bond motifs is 1. The van der Waals surface area contributed by atoms with E-state index < -0.39 is 5.91 Å². The van der Waals surface area contributed by atoms with Crippen molar-refractivity contribution in [3.05, 3.63) is 59.7 Å². The van der Waals surface area contributed by atoms with Crippen molar-refractivity contribution >= 4 is 29.6 Å². The molecule has 0 saturated heterocycles. The maximum atomic E-state index is 11.7. The first-order valence-electron chi connectivity index (χ1n) is 7.92. The minimum atomic E-state index is -0.449. The summed E-state index contributed by atoms with van der Waals surface area (Å²) in [5, 5.41) is 0. The van der Waals surface area contributed by atoms with Crippen molar-refractivity contribution in [3.8, 4) is 11.5 Å². The molecule has 7 heteroatoms. The van der Waals surface area contributed by atoms with Gasteiger partial charge in [-0.3, -0.25) is 4.79 Å². The second-order valence-corrected chi connectivity index (χ2v) is 5.53. The van der Waals surface area contributed by atoms with Gasteiger partial charge in [0.05, 0.1) is 12.7 Å². The standard InChI is InChI=1S/C19H14N4O3/c1-25-15-9-13(26-10-12-5-3-2-4-6-12)7-8-14(15)17-22-16-18(23-17)20-11-21-19(16)24/h2-9,11H,10H2,1H3. The number of aliphatic imine (C=N–C) groups is 4. The van der Waals surface area contributed by atoms with Crippen molar-refractivity contribution in [3.63, 3.8) is 0 Å². The number of benzene rings is 2. The maximum absolute atomic E-state index is 11.7. The number of hydrogen-bond donors (Lipinski definition) is 0. The number of rotatable bonds is 5. The molecule has 2 heterocycles. The lowest BCUT2D eigenvalue weighted by atomic mass is 10.1. The molecule has 0 aliphatic carbocycles. The molecule has 2 aromatic rings. The summed E-state index contributed by atoms with van der Waals surface area (Å²) in [5.41, 5.74) is 1.87. The quantitative estimate of drug-likeness (QED) is 0.833. The lowest BCUT2D eigenvalue weighted by Crippen LogP contribution is -2.21. The van der Waals surface area contributed by atoms with E-state index >= 15 is 0 Å². The minimum Gasteiger partial charge on any atom is -0.496 e. The van der Waals surface area contributed by atoms with Crippen molar-refractivity contribution in [2.75, 3.05) is 7.11 Å². The molecule has 0 unspecified atom stereocenters. The number of carbonyl (C=O) groups is 1. The van der Waals surface area contributed by atoms with E-state index in [1.807, 2.05) is 36.4 Å². The van der Waals surface area contributed by atoms with Gasteiger partial charge in [-0.05, 0) is 17.7 Å². The number of ether oxygens (including phenoxy) is 2. The predicted molar refractivity (Wildman–Crippen MR) is 98.7 cm³/mol. The Labute approximate surface area is 149 Å². The first kappa shape index (κ1) is 15.9. The monoisotopic (exact) mass is 346 g/mol. The van der Waals surface area contributed by atoms with Gasteiger partial charge in [0.1, 0.15) is 24.4 Å². The SMILES string of the molecule is COc1cc(OCc2ccccc2)ccc1C1=NC2=NC=NC(=O)C2=N1. The summed E-state index contributed by atoms with van der Waals surface area (Å²) >= 11 is 0. The van der Waals surface area contributed by atoms with Crippen LogP contribution in [0.3, 0.4) is 0 Å². The summed E-state index contributed by atoms with van der Waals surface area (Å²) in [5.74, 6) is 1.40. The highest BCUT2D eigenvalue weighted by Crippen LogP contribution is 2.28. The van der Waals surface area contributed by atoms with Crippen LogP contribution in [0.4, 0.5) is 0 Å². The molecule has 0 N–H and O–H groups in total. The topological polar surface area (TPSA) is 85.0 Å². The second-order valence-electron chi connectivity index (χ2n) is 5.53. The van der Waals surface area contributed by atoms with E-state index in [4.69, 9.17) is 9.47 Å². The van der Waals surface area contributed by atoms with Gasteiger partial charge in [0, 0.05) is 6.07 Å². The molecule has 1 amide bonds. The van der Waals surface area contributed by atoms with Crippen LogP contribution in [0.25, 0.3) is 0 Å². The van der Waals surface area contributed by atoms with E-state index in [1.54, 1.807) is 19.2 Å². The molecule has 4 rings (SSSR count). The Kier molecular flexibility index (Phi) is 4.10. The third-order valence-corrected chi connectivity index (χ3v) is 3.86. The largest absolute Gasteiger partial charge is 0.496 e.